The largest absolute Gasteiger partial charge is 0.334 e. The van der Waals surface area contributed by atoms with Crippen molar-refractivity contribution in [1.82, 2.24) is 9.88 Å². The van der Waals surface area contributed by atoms with E-state index in [9.17, 15) is 14.9 Å². The summed E-state index contributed by atoms with van der Waals surface area (Å²) in [5.74, 6) is -0.389. The molecule has 1 amide bonds. The first-order chi connectivity index (χ1) is 8.99. The van der Waals surface area contributed by atoms with Crippen LogP contribution in [0.1, 0.15) is 23.7 Å². The maximum Gasteiger partial charge on any atom is 0.300 e. The molecule has 2 rings (SSSR count). The molecule has 0 saturated carbocycles. The predicted octanol–water partition coefficient (Wildman–Crippen LogP) is 2.44. The lowest BCUT2D eigenvalue weighted by atomic mass is 10.1. The molecule has 0 atom stereocenters. The molecule has 0 bridgehead atoms. The zero-order valence-electron chi connectivity index (χ0n) is 10.3. The lowest BCUT2D eigenvalue weighted by molar-refractivity contribution is -0.385. The molecule has 1 aromatic heterocycles. The standard InChI is InChI=1S/C12H12ClN3O3/c1-8-2-4-15(5-3-8)12(17)9-6-11(13)14-7-10(9)16(18)19/h2,6-7H,3-5H2,1H3. The van der Waals surface area contributed by atoms with Crippen LogP contribution in [0.4, 0.5) is 5.69 Å². The van der Waals surface area contributed by atoms with Crippen molar-refractivity contribution in [2.75, 3.05) is 13.1 Å². The quantitative estimate of drug-likeness (QED) is 0.361. The summed E-state index contributed by atoms with van der Waals surface area (Å²) in [7, 11) is 0. The van der Waals surface area contributed by atoms with Gasteiger partial charge in [0.2, 0.25) is 0 Å². The lowest BCUT2D eigenvalue weighted by Crippen LogP contribution is -2.35. The second-order valence-electron chi connectivity index (χ2n) is 4.33. The molecule has 0 unspecified atom stereocenters. The zero-order valence-corrected chi connectivity index (χ0v) is 11.1. The average molecular weight is 282 g/mol. The maximum atomic E-state index is 12.3. The van der Waals surface area contributed by atoms with Crippen LogP contribution < -0.4 is 0 Å². The van der Waals surface area contributed by atoms with E-state index < -0.39 is 4.92 Å². The molecule has 6 nitrogen and oxygen atoms in total. The van der Waals surface area contributed by atoms with Crippen molar-refractivity contribution in [3.63, 3.8) is 0 Å². The van der Waals surface area contributed by atoms with Crippen molar-refractivity contribution in [2.45, 2.75) is 13.3 Å². The number of nitro groups is 1. The first-order valence-electron chi connectivity index (χ1n) is 5.74. The fourth-order valence-electron chi connectivity index (χ4n) is 1.86. The van der Waals surface area contributed by atoms with Crippen molar-refractivity contribution in [3.05, 3.63) is 44.7 Å². The fraction of sp³-hybridized carbons (Fsp3) is 0.333. The number of pyridine rings is 1. The second-order valence-corrected chi connectivity index (χ2v) is 4.72. The molecule has 100 valence electrons. The molecule has 0 spiro atoms. The highest BCUT2D eigenvalue weighted by molar-refractivity contribution is 6.29. The van der Waals surface area contributed by atoms with E-state index in [2.05, 4.69) is 4.98 Å². The topological polar surface area (TPSA) is 76.3 Å². The van der Waals surface area contributed by atoms with E-state index in [-0.39, 0.29) is 22.3 Å². The van der Waals surface area contributed by atoms with Crippen molar-refractivity contribution < 1.29 is 9.72 Å². The monoisotopic (exact) mass is 281 g/mol. The summed E-state index contributed by atoms with van der Waals surface area (Å²) in [5.41, 5.74) is 0.880. The number of aromatic nitrogens is 1. The van der Waals surface area contributed by atoms with Gasteiger partial charge in [-0.25, -0.2) is 4.98 Å². The molecular weight excluding hydrogens is 270 g/mol. The summed E-state index contributed by atoms with van der Waals surface area (Å²) in [6.45, 7) is 3.01. The van der Waals surface area contributed by atoms with E-state index in [0.29, 0.717) is 13.1 Å². The molecular formula is C12H12ClN3O3. The number of hydrogen-bond donors (Lipinski definition) is 0. The molecule has 0 N–H and O–H groups in total. The highest BCUT2D eigenvalue weighted by atomic mass is 35.5. The van der Waals surface area contributed by atoms with Crippen LogP contribution in [0.3, 0.4) is 0 Å². The lowest BCUT2D eigenvalue weighted by Gasteiger charge is -2.25. The Hall–Kier alpha value is -1.95. The van der Waals surface area contributed by atoms with Crippen LogP contribution in [0.2, 0.25) is 5.15 Å². The van der Waals surface area contributed by atoms with Gasteiger partial charge < -0.3 is 4.90 Å². The summed E-state index contributed by atoms with van der Waals surface area (Å²) in [5, 5.41) is 11.0. The van der Waals surface area contributed by atoms with Gasteiger partial charge in [0.05, 0.1) is 4.92 Å². The number of halogens is 1. The first-order valence-corrected chi connectivity index (χ1v) is 6.11. The van der Waals surface area contributed by atoms with Crippen molar-refractivity contribution in [3.8, 4) is 0 Å². The predicted molar refractivity (Wildman–Crippen MR) is 70.2 cm³/mol. The normalized spacial score (nSPS) is 15.1. The Labute approximate surface area is 114 Å². The summed E-state index contributed by atoms with van der Waals surface area (Å²) >= 11 is 5.71. The number of hydrogen-bond acceptors (Lipinski definition) is 4. The Morgan fingerprint density at radius 2 is 2.32 bits per heavy atom. The third-order valence-electron chi connectivity index (χ3n) is 3.00. The Bertz CT molecular complexity index is 571. The minimum atomic E-state index is -0.623. The Kier molecular flexibility index (Phi) is 3.80. The zero-order chi connectivity index (χ0) is 14.0. The van der Waals surface area contributed by atoms with Gasteiger partial charge in [0.1, 0.15) is 16.9 Å². The molecule has 1 aromatic rings. The van der Waals surface area contributed by atoms with Gasteiger partial charge in [0, 0.05) is 13.1 Å². The Balaban J connectivity index is 2.33. The molecule has 0 fully saturated rings. The summed E-state index contributed by atoms with van der Waals surface area (Å²) < 4.78 is 0. The van der Waals surface area contributed by atoms with Gasteiger partial charge in [-0.3, -0.25) is 14.9 Å². The smallest absolute Gasteiger partial charge is 0.300 e. The van der Waals surface area contributed by atoms with Gasteiger partial charge in [-0.1, -0.05) is 23.3 Å². The molecule has 0 aromatic carbocycles. The summed E-state index contributed by atoms with van der Waals surface area (Å²) in [4.78, 5) is 27.8. The minimum absolute atomic E-state index is 0.0158. The van der Waals surface area contributed by atoms with Gasteiger partial charge in [0.15, 0.2) is 0 Å². The van der Waals surface area contributed by atoms with Crippen LogP contribution in [0.5, 0.6) is 0 Å². The SMILES string of the molecule is CC1=CCN(C(=O)c2cc(Cl)ncc2[N+](=O)[O-])CC1. The second kappa shape index (κ2) is 5.36. The first kappa shape index (κ1) is 13.5. The summed E-state index contributed by atoms with van der Waals surface area (Å²) in [6.07, 6.45) is 3.73. The molecule has 1 aliphatic heterocycles. The number of rotatable bonds is 2. The molecule has 7 heteroatoms. The van der Waals surface area contributed by atoms with Crippen LogP contribution in [0.15, 0.2) is 23.9 Å². The van der Waals surface area contributed by atoms with Crippen LogP contribution in [0.25, 0.3) is 0 Å². The van der Waals surface area contributed by atoms with Crippen LogP contribution in [-0.2, 0) is 0 Å². The maximum absolute atomic E-state index is 12.3. The Morgan fingerprint density at radius 3 is 2.89 bits per heavy atom. The van der Waals surface area contributed by atoms with Crippen LogP contribution in [-0.4, -0.2) is 33.8 Å². The molecule has 19 heavy (non-hydrogen) atoms. The van der Waals surface area contributed by atoms with Gasteiger partial charge in [0.25, 0.3) is 11.6 Å². The van der Waals surface area contributed by atoms with E-state index in [4.69, 9.17) is 11.6 Å². The number of nitrogens with zero attached hydrogens (tertiary/aromatic N) is 3. The number of amides is 1. The van der Waals surface area contributed by atoms with Crippen molar-refractivity contribution >= 4 is 23.2 Å². The molecule has 1 aliphatic rings. The van der Waals surface area contributed by atoms with E-state index in [0.717, 1.165) is 12.6 Å². The summed E-state index contributed by atoms with van der Waals surface area (Å²) in [6, 6.07) is 1.24. The minimum Gasteiger partial charge on any atom is -0.334 e. The third-order valence-corrected chi connectivity index (χ3v) is 3.21. The van der Waals surface area contributed by atoms with Gasteiger partial charge >= 0.3 is 0 Å². The number of carbonyl (C=O) groups is 1. The van der Waals surface area contributed by atoms with E-state index in [1.807, 2.05) is 13.0 Å². The van der Waals surface area contributed by atoms with Crippen molar-refractivity contribution in [1.29, 1.82) is 0 Å². The van der Waals surface area contributed by atoms with Crippen LogP contribution in [0, 0.1) is 10.1 Å². The van der Waals surface area contributed by atoms with Crippen LogP contribution >= 0.6 is 11.6 Å². The molecule has 0 saturated heterocycles. The van der Waals surface area contributed by atoms with Gasteiger partial charge in [-0.2, -0.15) is 0 Å². The number of carbonyl (C=O) groups excluding carboxylic acids is 1. The van der Waals surface area contributed by atoms with Gasteiger partial charge in [-0.15, -0.1) is 0 Å². The van der Waals surface area contributed by atoms with Gasteiger partial charge in [-0.05, 0) is 19.4 Å². The highest BCUT2D eigenvalue weighted by Crippen LogP contribution is 2.23. The average Bonchev–Trinajstić information content (AvgIpc) is 2.38. The van der Waals surface area contributed by atoms with E-state index >= 15 is 0 Å². The highest BCUT2D eigenvalue weighted by Gasteiger charge is 2.26. The Morgan fingerprint density at radius 1 is 1.58 bits per heavy atom. The molecule has 2 heterocycles. The molecule has 0 aliphatic carbocycles. The van der Waals surface area contributed by atoms with E-state index in [1.165, 1.54) is 11.6 Å². The van der Waals surface area contributed by atoms with Crippen molar-refractivity contribution in [2.24, 2.45) is 0 Å². The fourth-order valence-corrected chi connectivity index (χ4v) is 2.02. The molecule has 0 radical (unpaired) electrons. The van der Waals surface area contributed by atoms with E-state index in [1.54, 1.807) is 4.90 Å². The third kappa shape index (κ3) is 2.90.